The van der Waals surface area contributed by atoms with Crippen LogP contribution in [0.4, 0.5) is 5.95 Å². The number of anilines is 1. The van der Waals surface area contributed by atoms with Gasteiger partial charge in [-0.05, 0) is 23.3 Å². The molecule has 0 fully saturated rings. The highest BCUT2D eigenvalue weighted by Crippen LogP contribution is 2.19. The summed E-state index contributed by atoms with van der Waals surface area (Å²) in [6.45, 7) is 0.382. The minimum absolute atomic E-state index is 0.301. The summed E-state index contributed by atoms with van der Waals surface area (Å²) in [6.07, 6.45) is 1.67. The zero-order chi connectivity index (χ0) is 21.3. The van der Waals surface area contributed by atoms with Crippen molar-refractivity contribution in [2.24, 2.45) is 19.2 Å². The quantitative estimate of drug-likeness (QED) is 0.361. The van der Waals surface area contributed by atoms with E-state index in [2.05, 4.69) is 31.4 Å². The summed E-state index contributed by atoms with van der Waals surface area (Å²) in [5, 5.41) is 4.27. The minimum Gasteiger partial charge on any atom is -0.298 e. The Bertz CT molecular complexity index is 1370. The topological polar surface area (TPSA) is 86.2 Å². The number of hydrogen-bond donors (Lipinski definition) is 1. The van der Waals surface area contributed by atoms with E-state index in [1.807, 2.05) is 54.6 Å². The molecule has 1 N–H and O–H groups in total. The van der Waals surface area contributed by atoms with Gasteiger partial charge < -0.3 is 0 Å². The van der Waals surface area contributed by atoms with E-state index in [1.165, 1.54) is 11.6 Å². The van der Waals surface area contributed by atoms with Gasteiger partial charge in [-0.1, -0.05) is 58.4 Å². The first-order valence-electron chi connectivity index (χ1n) is 9.20. The molecule has 0 aliphatic carbocycles. The summed E-state index contributed by atoms with van der Waals surface area (Å²) < 4.78 is 5.11. The lowest BCUT2D eigenvalue weighted by molar-refractivity contribution is 0.702. The molecule has 9 heteroatoms. The van der Waals surface area contributed by atoms with Crippen LogP contribution in [0.3, 0.4) is 0 Å². The van der Waals surface area contributed by atoms with E-state index in [4.69, 9.17) is 0 Å². The molecule has 0 unspecified atom stereocenters. The van der Waals surface area contributed by atoms with Gasteiger partial charge in [0.05, 0.1) is 12.8 Å². The van der Waals surface area contributed by atoms with Crippen LogP contribution in [0, 0.1) is 0 Å². The van der Waals surface area contributed by atoms with E-state index in [9.17, 15) is 9.59 Å². The molecule has 0 aliphatic rings. The second kappa shape index (κ2) is 8.11. The van der Waals surface area contributed by atoms with E-state index in [-0.39, 0.29) is 0 Å². The number of hydrazone groups is 1. The van der Waals surface area contributed by atoms with Crippen LogP contribution in [-0.4, -0.2) is 24.9 Å². The molecule has 152 valence electrons. The van der Waals surface area contributed by atoms with E-state index in [0.29, 0.717) is 23.7 Å². The van der Waals surface area contributed by atoms with Gasteiger partial charge in [-0.3, -0.25) is 18.5 Å². The van der Waals surface area contributed by atoms with Crippen molar-refractivity contribution in [3.05, 3.63) is 91.0 Å². The molecule has 0 saturated carbocycles. The van der Waals surface area contributed by atoms with E-state index in [0.717, 1.165) is 20.2 Å². The molecule has 30 heavy (non-hydrogen) atoms. The number of aryl methyl sites for hydroxylation is 1. The van der Waals surface area contributed by atoms with Crippen molar-refractivity contribution < 1.29 is 0 Å². The predicted molar refractivity (Wildman–Crippen MR) is 121 cm³/mol. The number of benzene rings is 2. The van der Waals surface area contributed by atoms with Gasteiger partial charge in [0.15, 0.2) is 11.2 Å². The summed E-state index contributed by atoms with van der Waals surface area (Å²) in [7, 11) is 3.05. The van der Waals surface area contributed by atoms with Gasteiger partial charge in [0, 0.05) is 18.6 Å². The third-order valence-electron chi connectivity index (χ3n) is 4.76. The normalized spacial score (nSPS) is 11.4. The highest BCUT2D eigenvalue weighted by molar-refractivity contribution is 9.10. The number of imidazole rings is 1. The summed E-state index contributed by atoms with van der Waals surface area (Å²) in [4.78, 5) is 29.7. The first-order chi connectivity index (χ1) is 14.5. The van der Waals surface area contributed by atoms with Crippen molar-refractivity contribution >= 4 is 39.3 Å². The first kappa shape index (κ1) is 19.8. The van der Waals surface area contributed by atoms with Crippen molar-refractivity contribution in [2.75, 3.05) is 5.43 Å². The van der Waals surface area contributed by atoms with Crippen molar-refractivity contribution in [3.63, 3.8) is 0 Å². The van der Waals surface area contributed by atoms with Crippen LogP contribution in [-0.2, 0) is 20.6 Å². The Hall–Kier alpha value is -3.46. The Morgan fingerprint density at radius 1 is 1.07 bits per heavy atom. The molecule has 2 aromatic carbocycles. The van der Waals surface area contributed by atoms with Gasteiger partial charge in [-0.2, -0.15) is 10.1 Å². The Balaban J connectivity index is 1.84. The van der Waals surface area contributed by atoms with Gasteiger partial charge in [-0.25, -0.2) is 10.2 Å². The van der Waals surface area contributed by atoms with Crippen LogP contribution >= 0.6 is 15.9 Å². The molecule has 4 rings (SSSR count). The average molecular weight is 467 g/mol. The fraction of sp³-hybridized carbons (Fsp3) is 0.143. The summed E-state index contributed by atoms with van der Waals surface area (Å²) in [6, 6.07) is 17.4. The molecular formula is C21H19BrN6O2. The second-order valence-corrected chi connectivity index (χ2v) is 7.73. The van der Waals surface area contributed by atoms with Crippen LogP contribution in [0.15, 0.2) is 73.8 Å². The number of fused-ring (bicyclic) bond motifs is 1. The molecule has 0 amide bonds. The van der Waals surface area contributed by atoms with Gasteiger partial charge in [0.2, 0.25) is 5.95 Å². The zero-order valence-corrected chi connectivity index (χ0v) is 18.0. The zero-order valence-electron chi connectivity index (χ0n) is 16.4. The maximum Gasteiger partial charge on any atom is 0.332 e. The van der Waals surface area contributed by atoms with Crippen LogP contribution < -0.4 is 16.7 Å². The van der Waals surface area contributed by atoms with E-state index < -0.39 is 11.2 Å². The van der Waals surface area contributed by atoms with Crippen LogP contribution in [0.25, 0.3) is 11.2 Å². The van der Waals surface area contributed by atoms with Gasteiger partial charge in [0.1, 0.15) is 0 Å². The second-order valence-electron chi connectivity index (χ2n) is 6.81. The molecule has 0 saturated heterocycles. The summed E-state index contributed by atoms with van der Waals surface area (Å²) in [5.74, 6) is 0.371. The summed E-state index contributed by atoms with van der Waals surface area (Å²) in [5.41, 5.74) is 4.61. The lowest BCUT2D eigenvalue weighted by Gasteiger charge is -2.09. The lowest BCUT2D eigenvalue weighted by Crippen LogP contribution is -2.37. The Morgan fingerprint density at radius 3 is 2.57 bits per heavy atom. The number of hydrogen-bond acceptors (Lipinski definition) is 5. The Morgan fingerprint density at radius 2 is 1.83 bits per heavy atom. The molecular weight excluding hydrogens is 448 g/mol. The fourth-order valence-electron chi connectivity index (χ4n) is 3.21. The standard InChI is InChI=1S/C21H19BrN6O2/c1-26-18-17(19(29)27(2)21(26)30)28(13-15-9-6-10-16(22)11-15)20(24-18)25-23-12-14-7-4-3-5-8-14/h3-12H,13H2,1-2H3,(H,24,25). The van der Waals surface area contributed by atoms with Gasteiger partial charge in [0.25, 0.3) is 5.56 Å². The lowest BCUT2D eigenvalue weighted by atomic mass is 10.2. The highest BCUT2D eigenvalue weighted by Gasteiger charge is 2.19. The number of rotatable bonds is 5. The smallest absolute Gasteiger partial charge is 0.298 e. The molecule has 0 bridgehead atoms. The monoisotopic (exact) mass is 466 g/mol. The molecule has 4 aromatic rings. The third-order valence-corrected chi connectivity index (χ3v) is 5.25. The average Bonchev–Trinajstić information content (AvgIpc) is 3.10. The van der Waals surface area contributed by atoms with Gasteiger partial charge in [-0.15, -0.1) is 0 Å². The molecule has 2 aromatic heterocycles. The van der Waals surface area contributed by atoms with Crippen molar-refractivity contribution in [1.29, 1.82) is 0 Å². The maximum absolute atomic E-state index is 12.9. The number of nitrogens with one attached hydrogen (secondary N) is 1. The Kier molecular flexibility index (Phi) is 5.37. The molecule has 0 spiro atoms. The molecule has 0 aliphatic heterocycles. The number of aromatic nitrogens is 4. The minimum atomic E-state index is -0.432. The van der Waals surface area contributed by atoms with Crippen LogP contribution in [0.5, 0.6) is 0 Å². The van der Waals surface area contributed by atoms with Crippen LogP contribution in [0.1, 0.15) is 11.1 Å². The number of halogens is 1. The molecule has 2 heterocycles. The fourth-order valence-corrected chi connectivity index (χ4v) is 3.65. The van der Waals surface area contributed by atoms with Crippen molar-refractivity contribution in [3.8, 4) is 0 Å². The molecule has 8 nitrogen and oxygen atoms in total. The largest absolute Gasteiger partial charge is 0.332 e. The first-order valence-corrected chi connectivity index (χ1v) is 10.00. The maximum atomic E-state index is 12.9. The Labute approximate surface area is 180 Å². The SMILES string of the molecule is Cn1c(=O)c2c(nc(NN=Cc3ccccc3)n2Cc2cccc(Br)c2)n(C)c1=O. The van der Waals surface area contributed by atoms with E-state index >= 15 is 0 Å². The third kappa shape index (κ3) is 3.71. The number of nitrogens with zero attached hydrogens (tertiary/aromatic N) is 5. The molecule has 0 atom stereocenters. The van der Waals surface area contributed by atoms with Crippen molar-refractivity contribution in [1.82, 2.24) is 18.7 Å². The van der Waals surface area contributed by atoms with Crippen LogP contribution in [0.2, 0.25) is 0 Å². The molecule has 0 radical (unpaired) electrons. The predicted octanol–water partition coefficient (Wildman–Crippen LogP) is 2.69. The van der Waals surface area contributed by atoms with E-state index in [1.54, 1.807) is 17.8 Å². The highest BCUT2D eigenvalue weighted by atomic mass is 79.9. The van der Waals surface area contributed by atoms with Gasteiger partial charge >= 0.3 is 5.69 Å². The summed E-state index contributed by atoms with van der Waals surface area (Å²) >= 11 is 3.47. The van der Waals surface area contributed by atoms with Crippen molar-refractivity contribution in [2.45, 2.75) is 6.54 Å².